The van der Waals surface area contributed by atoms with Gasteiger partial charge >= 0.3 is 6.18 Å². The van der Waals surface area contributed by atoms with Gasteiger partial charge in [0.25, 0.3) is 5.56 Å². The van der Waals surface area contributed by atoms with E-state index in [1.54, 1.807) is 36.0 Å². The lowest BCUT2D eigenvalue weighted by atomic mass is 10.0. The normalized spacial score (nSPS) is 12.9. The van der Waals surface area contributed by atoms with Crippen molar-refractivity contribution in [3.63, 3.8) is 0 Å². The van der Waals surface area contributed by atoms with Crippen molar-refractivity contribution in [2.24, 2.45) is 0 Å². The van der Waals surface area contributed by atoms with Crippen LogP contribution in [-0.2, 0) is 6.18 Å². The van der Waals surface area contributed by atoms with Gasteiger partial charge in [-0.25, -0.2) is 9.37 Å². The second-order valence-corrected chi connectivity index (χ2v) is 7.75. The number of aromatic nitrogens is 4. The van der Waals surface area contributed by atoms with Crippen molar-refractivity contribution in [3.8, 4) is 5.69 Å². The number of anilines is 1. The first-order valence-corrected chi connectivity index (χ1v) is 10.3. The lowest BCUT2D eigenvalue weighted by Crippen LogP contribution is -2.27. The van der Waals surface area contributed by atoms with E-state index in [1.807, 2.05) is 0 Å². The third kappa shape index (κ3) is 3.66. The average molecular weight is 467 g/mol. The molecule has 0 aliphatic rings. The molecule has 0 aliphatic heterocycles. The Morgan fingerprint density at radius 1 is 1.00 bits per heavy atom. The van der Waals surface area contributed by atoms with Crippen LogP contribution >= 0.6 is 0 Å². The van der Waals surface area contributed by atoms with Crippen LogP contribution in [0.4, 0.5) is 23.4 Å². The van der Waals surface area contributed by atoms with Crippen LogP contribution in [0.1, 0.15) is 24.2 Å². The number of fused-ring (bicyclic) bond motifs is 2. The molecule has 0 saturated heterocycles. The molecular formula is C24H17F4N5O. The van der Waals surface area contributed by atoms with Crippen LogP contribution < -0.4 is 10.9 Å². The molecule has 0 unspecified atom stereocenters. The van der Waals surface area contributed by atoms with Crippen molar-refractivity contribution in [3.05, 3.63) is 100 Å². The van der Waals surface area contributed by atoms with Crippen molar-refractivity contribution >= 4 is 22.2 Å². The van der Waals surface area contributed by atoms with Crippen LogP contribution in [0, 0.1) is 5.82 Å². The lowest BCUT2D eigenvalue weighted by molar-refractivity contribution is -0.136. The number of rotatable bonds is 4. The Hall–Kier alpha value is -4.21. The summed E-state index contributed by atoms with van der Waals surface area (Å²) in [5, 5.41) is 7.10. The van der Waals surface area contributed by atoms with Gasteiger partial charge in [-0.05, 0) is 48.7 Å². The Morgan fingerprint density at radius 3 is 2.56 bits per heavy atom. The Bertz CT molecular complexity index is 1590. The molecular weight excluding hydrogens is 450 g/mol. The highest BCUT2D eigenvalue weighted by atomic mass is 19.4. The summed E-state index contributed by atoms with van der Waals surface area (Å²) in [7, 11) is 0. The molecule has 2 aromatic carbocycles. The highest BCUT2D eigenvalue weighted by Gasteiger charge is 2.34. The van der Waals surface area contributed by atoms with E-state index in [9.17, 15) is 22.4 Å². The summed E-state index contributed by atoms with van der Waals surface area (Å²) in [6.07, 6.45) is -1.57. The molecule has 0 radical (unpaired) electrons. The molecule has 0 saturated carbocycles. The van der Waals surface area contributed by atoms with Gasteiger partial charge < -0.3 is 5.32 Å². The fourth-order valence-electron chi connectivity index (χ4n) is 4.06. The third-order valence-corrected chi connectivity index (χ3v) is 5.55. The van der Waals surface area contributed by atoms with E-state index >= 15 is 0 Å². The Labute approximate surface area is 190 Å². The van der Waals surface area contributed by atoms with Crippen LogP contribution in [0.5, 0.6) is 0 Å². The minimum absolute atomic E-state index is 0.117. The molecule has 10 heteroatoms. The first-order valence-electron chi connectivity index (χ1n) is 10.3. The fourth-order valence-corrected chi connectivity index (χ4v) is 4.06. The summed E-state index contributed by atoms with van der Waals surface area (Å²) in [6, 6.07) is 13.1. The summed E-state index contributed by atoms with van der Waals surface area (Å²) >= 11 is 0. The number of nitrogens with zero attached hydrogens (tertiary/aromatic N) is 4. The number of pyridine rings is 1. The van der Waals surface area contributed by atoms with Gasteiger partial charge in [-0.1, -0.05) is 18.2 Å². The van der Waals surface area contributed by atoms with Gasteiger partial charge in [-0.2, -0.15) is 22.8 Å². The largest absolute Gasteiger partial charge is 0.417 e. The molecule has 1 N–H and O–H groups in total. The summed E-state index contributed by atoms with van der Waals surface area (Å²) in [4.78, 5) is 17.7. The zero-order valence-corrected chi connectivity index (χ0v) is 17.7. The number of hydrogen-bond donors (Lipinski definition) is 1. The van der Waals surface area contributed by atoms with Gasteiger partial charge in [0.1, 0.15) is 11.6 Å². The molecule has 0 spiro atoms. The van der Waals surface area contributed by atoms with Crippen molar-refractivity contribution in [1.82, 2.24) is 19.2 Å². The summed E-state index contributed by atoms with van der Waals surface area (Å²) < 4.78 is 57.9. The molecule has 0 fully saturated rings. The number of alkyl halides is 3. The molecule has 0 bridgehead atoms. The SMILES string of the molecule is C[C@H](Nc1ccnc2ccnn12)c1cc2cccc(C(F)(F)F)c2c(=O)n1-c1cccc(F)c1. The van der Waals surface area contributed by atoms with Crippen LogP contribution in [0.3, 0.4) is 0 Å². The van der Waals surface area contributed by atoms with Crippen molar-refractivity contribution in [2.75, 3.05) is 5.32 Å². The van der Waals surface area contributed by atoms with Crippen LogP contribution in [0.2, 0.25) is 0 Å². The quantitative estimate of drug-likeness (QED) is 0.361. The summed E-state index contributed by atoms with van der Waals surface area (Å²) in [5.74, 6) is -0.0579. The van der Waals surface area contributed by atoms with E-state index in [2.05, 4.69) is 15.4 Å². The van der Waals surface area contributed by atoms with E-state index in [0.717, 1.165) is 16.7 Å². The first kappa shape index (κ1) is 21.6. The van der Waals surface area contributed by atoms with Crippen molar-refractivity contribution in [1.29, 1.82) is 0 Å². The van der Waals surface area contributed by atoms with E-state index in [0.29, 0.717) is 17.2 Å². The first-order chi connectivity index (χ1) is 16.2. The smallest absolute Gasteiger partial charge is 0.362 e. The van der Waals surface area contributed by atoms with Crippen LogP contribution in [-0.4, -0.2) is 19.2 Å². The van der Waals surface area contributed by atoms with E-state index in [-0.39, 0.29) is 11.1 Å². The van der Waals surface area contributed by atoms with Crippen molar-refractivity contribution in [2.45, 2.75) is 19.1 Å². The predicted molar refractivity (Wildman–Crippen MR) is 120 cm³/mol. The average Bonchev–Trinajstić information content (AvgIpc) is 3.28. The van der Waals surface area contributed by atoms with Crippen LogP contribution in [0.15, 0.2) is 77.9 Å². The Kier molecular flexibility index (Phi) is 5.07. The molecule has 34 heavy (non-hydrogen) atoms. The van der Waals surface area contributed by atoms with E-state index in [1.165, 1.54) is 36.4 Å². The van der Waals surface area contributed by atoms with Gasteiger partial charge in [0.15, 0.2) is 5.65 Å². The van der Waals surface area contributed by atoms with E-state index < -0.39 is 34.5 Å². The third-order valence-electron chi connectivity index (χ3n) is 5.55. The molecule has 5 aromatic rings. The van der Waals surface area contributed by atoms with Gasteiger partial charge in [-0.15, -0.1) is 0 Å². The van der Waals surface area contributed by atoms with Gasteiger partial charge in [-0.3, -0.25) is 9.36 Å². The lowest BCUT2D eigenvalue weighted by Gasteiger charge is -2.22. The molecule has 5 rings (SSSR count). The van der Waals surface area contributed by atoms with Crippen LogP contribution in [0.25, 0.3) is 22.1 Å². The minimum atomic E-state index is -4.73. The van der Waals surface area contributed by atoms with Gasteiger partial charge in [0.05, 0.1) is 28.9 Å². The zero-order valence-electron chi connectivity index (χ0n) is 17.7. The molecule has 0 amide bonds. The topological polar surface area (TPSA) is 64.2 Å². The zero-order chi connectivity index (χ0) is 24.0. The molecule has 3 heterocycles. The predicted octanol–water partition coefficient (Wildman–Crippen LogP) is 5.36. The minimum Gasteiger partial charge on any atom is -0.362 e. The Balaban J connectivity index is 1.76. The van der Waals surface area contributed by atoms with Gasteiger partial charge in [0, 0.05) is 18.0 Å². The molecule has 1 atom stereocenters. The maximum atomic E-state index is 14.1. The van der Waals surface area contributed by atoms with E-state index in [4.69, 9.17) is 0 Å². The second-order valence-electron chi connectivity index (χ2n) is 7.75. The molecule has 172 valence electrons. The number of hydrogen-bond acceptors (Lipinski definition) is 4. The number of benzene rings is 2. The number of nitrogens with one attached hydrogen (secondary N) is 1. The molecule has 3 aromatic heterocycles. The highest BCUT2D eigenvalue weighted by molar-refractivity contribution is 5.86. The monoisotopic (exact) mass is 467 g/mol. The summed E-state index contributed by atoms with van der Waals surface area (Å²) in [5.41, 5.74) is -0.877. The maximum absolute atomic E-state index is 14.1. The maximum Gasteiger partial charge on any atom is 0.417 e. The standard InChI is InChI=1S/C24H17F4N5O/c1-14(31-21-8-10-29-20-9-11-30-33(20)21)19-12-15-4-2-7-18(24(26,27)28)22(15)23(34)32(19)17-6-3-5-16(25)13-17/h2-14,31H,1H3/t14-/m0/s1. The number of halogens is 4. The van der Waals surface area contributed by atoms with Gasteiger partial charge in [0.2, 0.25) is 0 Å². The van der Waals surface area contributed by atoms with Crippen molar-refractivity contribution < 1.29 is 17.6 Å². The highest BCUT2D eigenvalue weighted by Crippen LogP contribution is 2.34. The molecule has 6 nitrogen and oxygen atoms in total. The Morgan fingerprint density at radius 2 is 1.79 bits per heavy atom. The molecule has 0 aliphatic carbocycles. The fraction of sp³-hybridized carbons (Fsp3) is 0.125. The second kappa shape index (κ2) is 7.98. The summed E-state index contributed by atoms with van der Waals surface area (Å²) in [6.45, 7) is 1.75.